The third-order valence-corrected chi connectivity index (χ3v) is 6.09. The lowest BCUT2D eigenvalue weighted by molar-refractivity contribution is -0.118. The van der Waals surface area contributed by atoms with Gasteiger partial charge in [-0.25, -0.2) is 0 Å². The van der Waals surface area contributed by atoms with E-state index in [2.05, 4.69) is 60.7 Å². The normalized spacial score (nSPS) is 15.0. The predicted molar refractivity (Wildman–Crippen MR) is 120 cm³/mol. The summed E-state index contributed by atoms with van der Waals surface area (Å²) in [5.41, 5.74) is 3.46. The molecule has 5 heteroatoms. The van der Waals surface area contributed by atoms with Gasteiger partial charge in [-0.1, -0.05) is 44.0 Å². The molecule has 30 heavy (non-hydrogen) atoms. The third-order valence-electron chi connectivity index (χ3n) is 6.09. The number of carbonyl (C=O) groups excluding carboxylic acids is 1. The molecular weight excluding hydrogens is 374 g/mol. The maximum atomic E-state index is 12.9. The van der Waals surface area contributed by atoms with Crippen LogP contribution in [0.3, 0.4) is 0 Å². The first-order valence-electron chi connectivity index (χ1n) is 11.5. The zero-order chi connectivity index (χ0) is 21.7. The molecule has 0 aliphatic heterocycles. The van der Waals surface area contributed by atoms with Gasteiger partial charge in [0.05, 0.1) is 0 Å². The van der Waals surface area contributed by atoms with Crippen LogP contribution < -0.4 is 0 Å². The van der Waals surface area contributed by atoms with Crippen molar-refractivity contribution in [3.05, 3.63) is 46.5 Å². The number of Topliss-reactive ketones (excluding diaryl/α,β-unsaturated/α-hetero) is 1. The quantitative estimate of drug-likeness (QED) is 0.541. The number of hydrogen-bond donors (Lipinski definition) is 1. The molecule has 0 amide bonds. The second-order valence-corrected chi connectivity index (χ2v) is 9.42. The number of rotatable bonds is 12. The number of benzene rings is 1. The van der Waals surface area contributed by atoms with Crippen LogP contribution in [0, 0.1) is 19.8 Å². The Morgan fingerprint density at radius 1 is 1.20 bits per heavy atom. The lowest BCUT2D eigenvalue weighted by Gasteiger charge is -2.18. The van der Waals surface area contributed by atoms with Gasteiger partial charge in [-0.3, -0.25) is 4.79 Å². The Morgan fingerprint density at radius 2 is 1.97 bits per heavy atom. The summed E-state index contributed by atoms with van der Waals surface area (Å²) in [6.07, 6.45) is 6.94. The van der Waals surface area contributed by atoms with Crippen LogP contribution in [-0.4, -0.2) is 32.3 Å². The molecule has 0 unspecified atom stereocenters. The molecule has 0 spiro atoms. The minimum Gasteiger partial charge on any atom is -0.396 e. The largest absolute Gasteiger partial charge is 0.396 e. The highest BCUT2D eigenvalue weighted by molar-refractivity contribution is 5.82. The number of ketones is 1. The van der Waals surface area contributed by atoms with Gasteiger partial charge in [0.2, 0.25) is 0 Å². The molecule has 1 atom stereocenters. The van der Waals surface area contributed by atoms with Gasteiger partial charge in [0, 0.05) is 37.8 Å². The standard InChI is InChI=1S/C25H37N3O2/c1-17(2)6-5-7-24-26-27-25(28(24)22-10-11-22)21(12-13-29)16-23(30)15-20-9-8-18(3)14-19(20)4/h8-9,14,17,21-22,29H,5-7,10-13,15-16H2,1-4H3/t21-/m1/s1. The SMILES string of the molecule is Cc1ccc(CC(=O)C[C@@H](CCO)c2nnc(CCCC(C)C)n2C2CC2)c(C)c1. The van der Waals surface area contributed by atoms with Crippen LogP contribution in [0.15, 0.2) is 18.2 Å². The van der Waals surface area contributed by atoms with Gasteiger partial charge in [-0.2, -0.15) is 0 Å². The molecule has 2 aromatic rings. The van der Waals surface area contributed by atoms with Crippen molar-refractivity contribution < 1.29 is 9.90 Å². The van der Waals surface area contributed by atoms with Crippen molar-refractivity contribution in [2.45, 2.75) is 91.0 Å². The van der Waals surface area contributed by atoms with E-state index in [0.29, 0.717) is 31.2 Å². The van der Waals surface area contributed by atoms with Crippen molar-refractivity contribution in [3.63, 3.8) is 0 Å². The summed E-state index contributed by atoms with van der Waals surface area (Å²) in [5.74, 6) is 2.78. The molecule has 1 aromatic carbocycles. The lowest BCUT2D eigenvalue weighted by Crippen LogP contribution is -2.17. The van der Waals surface area contributed by atoms with E-state index in [0.717, 1.165) is 48.5 Å². The van der Waals surface area contributed by atoms with Gasteiger partial charge in [-0.05, 0) is 56.6 Å². The Morgan fingerprint density at radius 3 is 2.60 bits per heavy atom. The van der Waals surface area contributed by atoms with Crippen LogP contribution in [0.1, 0.15) is 92.7 Å². The van der Waals surface area contributed by atoms with Crippen molar-refractivity contribution >= 4 is 5.78 Å². The van der Waals surface area contributed by atoms with Crippen LogP contribution in [0.4, 0.5) is 0 Å². The minimum absolute atomic E-state index is 0.0573. The van der Waals surface area contributed by atoms with E-state index >= 15 is 0 Å². The van der Waals surface area contributed by atoms with Gasteiger partial charge in [0.15, 0.2) is 0 Å². The first kappa shape index (κ1) is 22.7. The van der Waals surface area contributed by atoms with Gasteiger partial charge in [0.25, 0.3) is 0 Å². The van der Waals surface area contributed by atoms with E-state index in [4.69, 9.17) is 0 Å². The average molecular weight is 412 g/mol. The Kier molecular flexibility index (Phi) is 7.81. The average Bonchev–Trinajstić information content (AvgIpc) is 3.43. The number of hydrogen-bond acceptors (Lipinski definition) is 4. The van der Waals surface area contributed by atoms with E-state index in [9.17, 15) is 9.90 Å². The molecule has 1 saturated carbocycles. The molecule has 1 aliphatic carbocycles. The molecule has 0 radical (unpaired) electrons. The second kappa shape index (κ2) is 10.3. The maximum Gasteiger partial charge on any atom is 0.138 e. The smallest absolute Gasteiger partial charge is 0.138 e. The number of carbonyl (C=O) groups is 1. The van der Waals surface area contributed by atoms with E-state index in [1.165, 1.54) is 12.0 Å². The number of nitrogens with zero attached hydrogens (tertiary/aromatic N) is 3. The summed E-state index contributed by atoms with van der Waals surface area (Å²) < 4.78 is 2.30. The van der Waals surface area contributed by atoms with E-state index in [1.54, 1.807) is 0 Å². The van der Waals surface area contributed by atoms with E-state index in [-0.39, 0.29) is 18.3 Å². The zero-order valence-electron chi connectivity index (χ0n) is 19.0. The Balaban J connectivity index is 1.73. The van der Waals surface area contributed by atoms with Gasteiger partial charge in [0.1, 0.15) is 17.4 Å². The molecule has 164 valence electrons. The summed E-state index contributed by atoms with van der Waals surface area (Å²) in [7, 11) is 0. The highest BCUT2D eigenvalue weighted by Gasteiger charge is 2.32. The highest BCUT2D eigenvalue weighted by Crippen LogP contribution is 2.39. The van der Waals surface area contributed by atoms with Crippen molar-refractivity contribution in [2.75, 3.05) is 6.61 Å². The maximum absolute atomic E-state index is 12.9. The molecule has 0 bridgehead atoms. The molecular formula is C25H37N3O2. The second-order valence-electron chi connectivity index (χ2n) is 9.42. The van der Waals surface area contributed by atoms with Crippen LogP contribution in [0.5, 0.6) is 0 Å². The van der Waals surface area contributed by atoms with E-state index in [1.807, 2.05) is 0 Å². The summed E-state index contributed by atoms with van der Waals surface area (Å²) in [5, 5.41) is 18.7. The minimum atomic E-state index is -0.0693. The predicted octanol–water partition coefficient (Wildman–Crippen LogP) is 4.88. The molecule has 1 aromatic heterocycles. The summed E-state index contributed by atoms with van der Waals surface area (Å²) in [4.78, 5) is 12.9. The van der Waals surface area contributed by atoms with E-state index < -0.39 is 0 Å². The fourth-order valence-corrected chi connectivity index (χ4v) is 4.27. The van der Waals surface area contributed by atoms with Gasteiger partial charge >= 0.3 is 0 Å². The zero-order valence-corrected chi connectivity index (χ0v) is 19.0. The fourth-order valence-electron chi connectivity index (χ4n) is 4.27. The summed E-state index contributed by atoms with van der Waals surface area (Å²) in [6.45, 7) is 8.68. The first-order valence-corrected chi connectivity index (χ1v) is 11.5. The molecule has 1 heterocycles. The first-order chi connectivity index (χ1) is 14.4. The number of aliphatic hydroxyl groups excluding tert-OH is 1. The van der Waals surface area contributed by atoms with Crippen molar-refractivity contribution in [2.24, 2.45) is 5.92 Å². The molecule has 1 aliphatic rings. The third kappa shape index (κ3) is 6.00. The van der Waals surface area contributed by atoms with Crippen LogP contribution >= 0.6 is 0 Å². The number of aromatic nitrogens is 3. The fraction of sp³-hybridized carbons (Fsp3) is 0.640. The topological polar surface area (TPSA) is 68.0 Å². The number of aliphatic hydroxyl groups is 1. The molecule has 5 nitrogen and oxygen atoms in total. The van der Waals surface area contributed by atoms with Crippen molar-refractivity contribution in [1.82, 2.24) is 14.8 Å². The van der Waals surface area contributed by atoms with Gasteiger partial charge in [-0.15, -0.1) is 10.2 Å². The Hall–Kier alpha value is -2.01. The summed E-state index contributed by atoms with van der Waals surface area (Å²) >= 11 is 0. The highest BCUT2D eigenvalue weighted by atomic mass is 16.3. The Labute approximate surface area is 180 Å². The molecule has 1 N–H and O–H groups in total. The van der Waals surface area contributed by atoms with Crippen LogP contribution in [0.2, 0.25) is 0 Å². The van der Waals surface area contributed by atoms with Crippen molar-refractivity contribution in [1.29, 1.82) is 0 Å². The molecule has 3 rings (SSSR count). The number of aryl methyl sites for hydroxylation is 3. The monoisotopic (exact) mass is 411 g/mol. The van der Waals surface area contributed by atoms with Gasteiger partial charge < -0.3 is 9.67 Å². The van der Waals surface area contributed by atoms with Crippen LogP contribution in [0.25, 0.3) is 0 Å². The Bertz CT molecular complexity index is 852. The molecule has 0 saturated heterocycles. The summed E-state index contributed by atoms with van der Waals surface area (Å²) in [6, 6.07) is 6.72. The molecule has 1 fully saturated rings. The van der Waals surface area contributed by atoms with Crippen LogP contribution in [-0.2, 0) is 17.6 Å². The lowest BCUT2D eigenvalue weighted by atomic mass is 9.93. The van der Waals surface area contributed by atoms with Crippen molar-refractivity contribution in [3.8, 4) is 0 Å².